The standard InChI is InChI=1S/C16H19F3N2O3/c1-10(2)8-12-9-15(24,16(17,18)19)21(20-12)14(23)13(22)11-6-4-3-5-7-11/h3-7,10,13,22,24H,8-9H2,1-2H3. The van der Waals surface area contributed by atoms with E-state index in [9.17, 15) is 28.2 Å². The summed E-state index contributed by atoms with van der Waals surface area (Å²) in [7, 11) is 0. The number of carbonyl (C=O) groups is 1. The number of hydrogen-bond acceptors (Lipinski definition) is 4. The van der Waals surface area contributed by atoms with Crippen molar-refractivity contribution in [3.8, 4) is 0 Å². The Bertz CT molecular complexity index is 631. The third-order valence-corrected chi connectivity index (χ3v) is 3.70. The fraction of sp³-hybridized carbons (Fsp3) is 0.500. The van der Waals surface area contributed by atoms with Crippen molar-refractivity contribution in [3.05, 3.63) is 35.9 Å². The van der Waals surface area contributed by atoms with Crippen LogP contribution in [0.25, 0.3) is 0 Å². The first-order valence-corrected chi connectivity index (χ1v) is 7.49. The Morgan fingerprint density at radius 3 is 2.42 bits per heavy atom. The maximum atomic E-state index is 13.3. The zero-order valence-corrected chi connectivity index (χ0v) is 13.3. The van der Waals surface area contributed by atoms with Gasteiger partial charge in [-0.1, -0.05) is 44.2 Å². The van der Waals surface area contributed by atoms with Gasteiger partial charge in [0.1, 0.15) is 0 Å². The van der Waals surface area contributed by atoms with Crippen molar-refractivity contribution in [2.24, 2.45) is 11.0 Å². The van der Waals surface area contributed by atoms with Crippen molar-refractivity contribution in [1.29, 1.82) is 0 Å². The lowest BCUT2D eigenvalue weighted by Crippen LogP contribution is -2.57. The number of rotatable bonds is 4. The minimum Gasteiger partial charge on any atom is -0.378 e. The molecule has 0 saturated carbocycles. The largest absolute Gasteiger partial charge is 0.438 e. The van der Waals surface area contributed by atoms with Crippen molar-refractivity contribution in [2.45, 2.75) is 44.7 Å². The second kappa shape index (κ2) is 6.52. The number of benzene rings is 1. The molecule has 0 spiro atoms. The lowest BCUT2D eigenvalue weighted by molar-refractivity contribution is -0.303. The molecule has 0 radical (unpaired) electrons. The SMILES string of the molecule is CC(C)CC1=NN(C(=O)C(O)c2ccccc2)C(O)(C(F)(F)F)C1. The number of nitrogens with zero attached hydrogens (tertiary/aromatic N) is 2. The van der Waals surface area contributed by atoms with Gasteiger partial charge < -0.3 is 10.2 Å². The average molecular weight is 344 g/mol. The van der Waals surface area contributed by atoms with Crippen LogP contribution in [0.15, 0.2) is 35.4 Å². The summed E-state index contributed by atoms with van der Waals surface area (Å²) in [5.41, 5.74) is -3.25. The van der Waals surface area contributed by atoms with E-state index in [0.717, 1.165) is 0 Å². The van der Waals surface area contributed by atoms with Crippen LogP contribution in [0.3, 0.4) is 0 Å². The topological polar surface area (TPSA) is 73.1 Å². The fourth-order valence-corrected chi connectivity index (χ4v) is 2.55. The van der Waals surface area contributed by atoms with Crippen molar-refractivity contribution in [1.82, 2.24) is 5.01 Å². The molecule has 1 amide bonds. The molecule has 0 bridgehead atoms. The molecule has 1 heterocycles. The molecule has 1 aromatic rings. The summed E-state index contributed by atoms with van der Waals surface area (Å²) in [5, 5.41) is 23.8. The number of hydrogen-bond donors (Lipinski definition) is 2. The maximum Gasteiger partial charge on any atom is 0.438 e. The average Bonchev–Trinajstić information content (AvgIpc) is 2.83. The van der Waals surface area contributed by atoms with Crippen molar-refractivity contribution >= 4 is 11.6 Å². The molecule has 1 aromatic carbocycles. The van der Waals surface area contributed by atoms with Crippen LogP contribution >= 0.6 is 0 Å². The quantitative estimate of drug-likeness (QED) is 0.882. The predicted molar refractivity (Wildman–Crippen MR) is 80.8 cm³/mol. The van der Waals surface area contributed by atoms with Crippen LogP contribution in [0.4, 0.5) is 13.2 Å². The summed E-state index contributed by atoms with van der Waals surface area (Å²) >= 11 is 0. The summed E-state index contributed by atoms with van der Waals surface area (Å²) in [6.45, 7) is 3.58. The first-order valence-electron chi connectivity index (χ1n) is 7.49. The Labute approximate surface area is 137 Å². The van der Waals surface area contributed by atoms with E-state index in [-0.39, 0.29) is 28.6 Å². The minimum atomic E-state index is -5.10. The Hall–Kier alpha value is -1.93. The highest BCUT2D eigenvalue weighted by molar-refractivity contribution is 5.92. The molecule has 0 saturated heterocycles. The van der Waals surface area contributed by atoms with Gasteiger partial charge in [0.2, 0.25) is 0 Å². The molecule has 5 nitrogen and oxygen atoms in total. The molecule has 2 unspecified atom stereocenters. The van der Waals surface area contributed by atoms with Gasteiger partial charge in [-0.15, -0.1) is 0 Å². The second-order valence-corrected chi connectivity index (χ2v) is 6.22. The lowest BCUT2D eigenvalue weighted by Gasteiger charge is -2.33. The van der Waals surface area contributed by atoms with E-state index in [1.807, 2.05) is 0 Å². The van der Waals surface area contributed by atoms with Gasteiger partial charge in [0.15, 0.2) is 6.10 Å². The first-order chi connectivity index (χ1) is 11.1. The molecule has 0 aliphatic carbocycles. The normalized spacial score (nSPS) is 22.7. The Kier molecular flexibility index (Phi) is 5.00. The number of carbonyl (C=O) groups excluding carboxylic acids is 1. The van der Waals surface area contributed by atoms with Crippen LogP contribution in [0, 0.1) is 5.92 Å². The summed E-state index contributed by atoms with van der Waals surface area (Å²) in [6, 6.07) is 7.54. The number of halogens is 3. The van der Waals surface area contributed by atoms with Crippen molar-refractivity contribution in [3.63, 3.8) is 0 Å². The van der Waals surface area contributed by atoms with Crippen LogP contribution < -0.4 is 0 Å². The number of alkyl halides is 3. The van der Waals surface area contributed by atoms with E-state index < -0.39 is 30.3 Å². The third kappa shape index (κ3) is 3.44. The van der Waals surface area contributed by atoms with Crippen molar-refractivity contribution < 1.29 is 28.2 Å². The summed E-state index contributed by atoms with van der Waals surface area (Å²) in [4.78, 5) is 12.3. The highest BCUT2D eigenvalue weighted by Gasteiger charge is 2.63. The summed E-state index contributed by atoms with van der Waals surface area (Å²) < 4.78 is 40.0. The smallest absolute Gasteiger partial charge is 0.378 e. The van der Waals surface area contributed by atoms with Crippen molar-refractivity contribution in [2.75, 3.05) is 0 Å². The molecular formula is C16H19F3N2O3. The highest BCUT2D eigenvalue weighted by Crippen LogP contribution is 2.42. The van der Waals surface area contributed by atoms with Crippen LogP contribution in [0.2, 0.25) is 0 Å². The van der Waals surface area contributed by atoms with Gasteiger partial charge in [0.05, 0.1) is 0 Å². The first kappa shape index (κ1) is 18.4. The van der Waals surface area contributed by atoms with Crippen LogP contribution in [0.1, 0.15) is 38.4 Å². The highest BCUT2D eigenvalue weighted by atomic mass is 19.4. The molecule has 2 N–H and O–H groups in total. The molecule has 2 rings (SSSR count). The number of hydrazone groups is 1. The van der Waals surface area contributed by atoms with E-state index >= 15 is 0 Å². The maximum absolute atomic E-state index is 13.3. The summed E-state index contributed by atoms with van der Waals surface area (Å²) in [6.07, 6.45) is -7.55. The second-order valence-electron chi connectivity index (χ2n) is 6.22. The molecule has 2 atom stereocenters. The van der Waals surface area contributed by atoms with E-state index in [1.54, 1.807) is 32.0 Å². The molecule has 24 heavy (non-hydrogen) atoms. The number of amides is 1. The molecule has 1 aliphatic heterocycles. The lowest BCUT2D eigenvalue weighted by atomic mass is 9.99. The minimum absolute atomic E-state index is 0.00957. The molecule has 132 valence electrons. The number of aliphatic hydroxyl groups is 2. The van der Waals surface area contributed by atoms with Crippen LogP contribution in [-0.4, -0.2) is 38.7 Å². The van der Waals surface area contributed by atoms with Gasteiger partial charge in [-0.05, 0) is 17.9 Å². The number of aliphatic hydroxyl groups excluding tert-OH is 1. The monoisotopic (exact) mass is 344 g/mol. The molecule has 8 heteroatoms. The molecular weight excluding hydrogens is 325 g/mol. The van der Waals surface area contributed by atoms with Gasteiger partial charge in [0.25, 0.3) is 11.6 Å². The van der Waals surface area contributed by atoms with Crippen LogP contribution in [-0.2, 0) is 4.79 Å². The van der Waals surface area contributed by atoms with Gasteiger partial charge in [-0.2, -0.15) is 23.3 Å². The van der Waals surface area contributed by atoms with Gasteiger partial charge in [0, 0.05) is 12.1 Å². The zero-order chi connectivity index (χ0) is 18.1. The Morgan fingerprint density at radius 1 is 1.33 bits per heavy atom. The molecule has 0 aromatic heterocycles. The fourth-order valence-electron chi connectivity index (χ4n) is 2.55. The van der Waals surface area contributed by atoms with Gasteiger partial charge in [-0.25, -0.2) is 0 Å². The predicted octanol–water partition coefficient (Wildman–Crippen LogP) is 2.61. The Balaban J connectivity index is 2.35. The van der Waals surface area contributed by atoms with E-state index in [1.165, 1.54) is 12.1 Å². The molecule has 1 aliphatic rings. The van der Waals surface area contributed by atoms with Gasteiger partial charge >= 0.3 is 6.18 Å². The Morgan fingerprint density at radius 2 is 1.92 bits per heavy atom. The zero-order valence-electron chi connectivity index (χ0n) is 13.3. The third-order valence-electron chi connectivity index (χ3n) is 3.70. The molecule has 0 fully saturated rings. The van der Waals surface area contributed by atoms with E-state index in [0.29, 0.717) is 0 Å². The summed E-state index contributed by atoms with van der Waals surface area (Å²) in [5.74, 6) is -1.31. The van der Waals surface area contributed by atoms with Crippen LogP contribution in [0.5, 0.6) is 0 Å². The van der Waals surface area contributed by atoms with E-state index in [4.69, 9.17) is 0 Å². The van der Waals surface area contributed by atoms with E-state index in [2.05, 4.69) is 5.10 Å². The van der Waals surface area contributed by atoms with Gasteiger partial charge in [-0.3, -0.25) is 4.79 Å².